The van der Waals surface area contributed by atoms with Gasteiger partial charge in [0, 0.05) is 50.7 Å². The minimum atomic E-state index is -0.316. The summed E-state index contributed by atoms with van der Waals surface area (Å²) in [6, 6.07) is 8.88. The molecule has 1 fully saturated rings. The molecular formula is C28H37N7O2. The van der Waals surface area contributed by atoms with E-state index in [4.69, 9.17) is 0 Å². The van der Waals surface area contributed by atoms with Crippen molar-refractivity contribution in [3.05, 3.63) is 70.9 Å². The fraction of sp³-hybridized carbons (Fsp3) is 0.464. The fourth-order valence-corrected chi connectivity index (χ4v) is 5.10. The van der Waals surface area contributed by atoms with Crippen LogP contribution in [0.1, 0.15) is 63.9 Å². The van der Waals surface area contributed by atoms with E-state index in [1.807, 2.05) is 18.7 Å². The van der Waals surface area contributed by atoms with Crippen molar-refractivity contribution in [1.29, 1.82) is 0 Å². The minimum Gasteiger partial charge on any atom is -0.348 e. The number of carbonyl (C=O) groups is 1. The predicted octanol–water partition coefficient (Wildman–Crippen LogP) is 3.97. The Balaban J connectivity index is 1.49. The number of fused-ring (bicyclic) bond motifs is 1. The highest BCUT2D eigenvalue weighted by Gasteiger charge is 2.28. The van der Waals surface area contributed by atoms with Gasteiger partial charge in [0.05, 0.1) is 11.4 Å². The zero-order chi connectivity index (χ0) is 26.7. The van der Waals surface area contributed by atoms with Crippen molar-refractivity contribution < 1.29 is 4.79 Å². The van der Waals surface area contributed by atoms with Crippen LogP contribution < -0.4 is 11.0 Å². The van der Waals surface area contributed by atoms with Crippen LogP contribution in [-0.4, -0.2) is 61.4 Å². The number of anilines is 1. The summed E-state index contributed by atoms with van der Waals surface area (Å²) in [6.45, 7) is 17.2. The van der Waals surface area contributed by atoms with Crippen molar-refractivity contribution in [3.63, 3.8) is 0 Å². The summed E-state index contributed by atoms with van der Waals surface area (Å²) in [6.07, 6.45) is 4.61. The Morgan fingerprint density at radius 3 is 2.19 bits per heavy atom. The third-order valence-electron chi connectivity index (χ3n) is 7.01. The van der Waals surface area contributed by atoms with E-state index in [1.54, 1.807) is 10.8 Å². The van der Waals surface area contributed by atoms with Gasteiger partial charge in [0.1, 0.15) is 0 Å². The lowest BCUT2D eigenvalue weighted by Crippen LogP contribution is -2.50. The van der Waals surface area contributed by atoms with E-state index in [1.165, 1.54) is 17.8 Å². The van der Waals surface area contributed by atoms with Gasteiger partial charge < -0.3 is 10.2 Å². The fourth-order valence-electron chi connectivity index (χ4n) is 5.10. The van der Waals surface area contributed by atoms with Crippen LogP contribution in [0.25, 0.3) is 11.0 Å². The molecule has 1 amide bonds. The molecule has 0 radical (unpaired) electrons. The highest BCUT2D eigenvalue weighted by Crippen LogP contribution is 2.31. The molecule has 4 rings (SSSR count). The van der Waals surface area contributed by atoms with Crippen molar-refractivity contribution in [1.82, 2.24) is 29.3 Å². The van der Waals surface area contributed by atoms with E-state index in [9.17, 15) is 9.59 Å². The van der Waals surface area contributed by atoms with Crippen LogP contribution in [0, 0.1) is 5.92 Å². The van der Waals surface area contributed by atoms with Crippen LogP contribution in [0.4, 0.5) is 5.95 Å². The highest BCUT2D eigenvalue weighted by molar-refractivity contribution is 5.87. The van der Waals surface area contributed by atoms with Crippen molar-refractivity contribution in [2.45, 2.75) is 52.7 Å². The van der Waals surface area contributed by atoms with Crippen molar-refractivity contribution in [2.24, 2.45) is 5.92 Å². The number of amides is 1. The van der Waals surface area contributed by atoms with Crippen LogP contribution in [0.2, 0.25) is 0 Å². The maximum Gasteiger partial charge on any atom is 0.349 e. The third kappa shape index (κ3) is 5.72. The largest absolute Gasteiger partial charge is 0.349 e. The molecule has 1 N–H and O–H groups in total. The molecule has 9 nitrogen and oxygen atoms in total. The number of hydrogen-bond acceptors (Lipinski definition) is 7. The molecule has 3 heterocycles. The summed E-state index contributed by atoms with van der Waals surface area (Å²) in [4.78, 5) is 41.6. The lowest BCUT2D eigenvalue weighted by atomic mass is 9.92. The molecule has 1 saturated heterocycles. The van der Waals surface area contributed by atoms with Gasteiger partial charge in [0.2, 0.25) is 11.9 Å². The van der Waals surface area contributed by atoms with Crippen LogP contribution in [0.15, 0.2) is 54.1 Å². The molecule has 1 unspecified atom stereocenters. The average Bonchev–Trinajstić information content (AvgIpc) is 2.88. The molecule has 9 heteroatoms. The Morgan fingerprint density at radius 2 is 1.59 bits per heavy atom. The number of benzene rings is 1. The summed E-state index contributed by atoms with van der Waals surface area (Å²) in [5.41, 5.74) is 2.64. The number of aromatic nitrogens is 4. The molecule has 1 aliphatic heterocycles. The maximum absolute atomic E-state index is 12.3. The Hall–Kier alpha value is -3.59. The zero-order valence-electron chi connectivity index (χ0n) is 22.4. The Labute approximate surface area is 218 Å². The first-order valence-electron chi connectivity index (χ1n) is 13.0. The summed E-state index contributed by atoms with van der Waals surface area (Å²) in [5.74, 6) is 0.907. The Morgan fingerprint density at radius 1 is 0.973 bits per heavy atom. The van der Waals surface area contributed by atoms with Crippen LogP contribution >= 0.6 is 0 Å². The molecule has 0 spiro atoms. The number of piperazine rings is 1. The normalized spacial score (nSPS) is 16.2. The second kappa shape index (κ2) is 11.2. The Bertz CT molecular complexity index is 1310. The maximum atomic E-state index is 12.3. The number of rotatable bonds is 8. The molecular weight excluding hydrogens is 466 g/mol. The van der Waals surface area contributed by atoms with E-state index >= 15 is 0 Å². The third-order valence-corrected chi connectivity index (χ3v) is 7.01. The minimum absolute atomic E-state index is 0.00568. The van der Waals surface area contributed by atoms with Gasteiger partial charge in [-0.05, 0) is 43.9 Å². The van der Waals surface area contributed by atoms with Gasteiger partial charge in [-0.3, -0.25) is 14.3 Å². The van der Waals surface area contributed by atoms with E-state index in [0.717, 1.165) is 37.1 Å². The number of hydrogen-bond donors (Lipinski definition) is 1. The van der Waals surface area contributed by atoms with Gasteiger partial charge in [0.25, 0.3) is 0 Å². The molecule has 2 aromatic heterocycles. The first kappa shape index (κ1) is 26.5. The summed E-state index contributed by atoms with van der Waals surface area (Å²) < 4.78 is 1.58. The molecule has 0 bridgehead atoms. The molecule has 3 aromatic rings. The van der Waals surface area contributed by atoms with Gasteiger partial charge in [0.15, 0.2) is 5.65 Å². The topological polar surface area (TPSA) is 96.3 Å². The zero-order valence-corrected chi connectivity index (χ0v) is 22.4. The van der Waals surface area contributed by atoms with Gasteiger partial charge >= 0.3 is 5.69 Å². The van der Waals surface area contributed by atoms with Crippen LogP contribution in [0.5, 0.6) is 0 Å². The Kier molecular flexibility index (Phi) is 8.02. The predicted molar refractivity (Wildman–Crippen MR) is 146 cm³/mol. The summed E-state index contributed by atoms with van der Waals surface area (Å²) in [7, 11) is 0. The molecule has 0 aliphatic carbocycles. The van der Waals surface area contributed by atoms with Gasteiger partial charge in [-0.1, -0.05) is 44.7 Å². The van der Waals surface area contributed by atoms with Gasteiger partial charge in [-0.2, -0.15) is 4.98 Å². The number of nitrogens with one attached hydrogen (secondary N) is 1. The van der Waals surface area contributed by atoms with E-state index in [0.29, 0.717) is 17.5 Å². The lowest BCUT2D eigenvalue weighted by Gasteiger charge is -2.41. The highest BCUT2D eigenvalue weighted by atomic mass is 16.2. The molecule has 37 heavy (non-hydrogen) atoms. The monoisotopic (exact) mass is 503 g/mol. The number of carbonyl (C=O) groups excluding carboxylic acids is 1. The second-order valence-electron chi connectivity index (χ2n) is 10.3. The van der Waals surface area contributed by atoms with Gasteiger partial charge in [-0.15, -0.1) is 0 Å². The average molecular weight is 504 g/mol. The summed E-state index contributed by atoms with van der Waals surface area (Å²) >= 11 is 0. The molecule has 0 saturated carbocycles. The number of nitrogens with zero attached hydrogens (tertiary/aromatic N) is 6. The van der Waals surface area contributed by atoms with Crippen molar-refractivity contribution in [3.8, 4) is 0 Å². The van der Waals surface area contributed by atoms with Crippen molar-refractivity contribution >= 4 is 22.9 Å². The quantitative estimate of drug-likeness (QED) is 0.465. The van der Waals surface area contributed by atoms with Crippen LogP contribution in [-0.2, 0) is 4.79 Å². The molecule has 1 aliphatic rings. The van der Waals surface area contributed by atoms with E-state index < -0.39 is 0 Å². The SMILES string of the molecule is C=CC(=O)N1CCN(C(c2ccc([C@H](C)Nc3ncc4cnc(=O)n(C(C)C)c4n3)cc2)C(C)C)CC1. The molecule has 1 aromatic carbocycles. The molecule has 196 valence electrons. The lowest BCUT2D eigenvalue weighted by molar-refractivity contribution is -0.128. The molecule has 2 atom stereocenters. The first-order chi connectivity index (χ1) is 17.7. The summed E-state index contributed by atoms with van der Waals surface area (Å²) in [5, 5.41) is 4.10. The second-order valence-corrected chi connectivity index (χ2v) is 10.3. The van der Waals surface area contributed by atoms with E-state index in [-0.39, 0.29) is 29.7 Å². The van der Waals surface area contributed by atoms with E-state index in [2.05, 4.69) is 76.8 Å². The van der Waals surface area contributed by atoms with Crippen LogP contribution in [0.3, 0.4) is 0 Å². The standard InChI is InChI=1S/C28H37N7O2/c1-7-24(36)33-12-14-34(15-13-33)25(18(2)3)22-10-8-21(9-11-22)20(6)31-27-29-16-23-17-30-28(37)35(19(4)5)26(23)32-27/h7-11,16-20,25H,1,12-15H2,2-6H3,(H,29,31,32)/t20-,25?/m0/s1. The van der Waals surface area contributed by atoms with Gasteiger partial charge in [-0.25, -0.2) is 14.8 Å². The smallest absolute Gasteiger partial charge is 0.348 e. The van der Waals surface area contributed by atoms with Crippen molar-refractivity contribution in [2.75, 3.05) is 31.5 Å². The first-order valence-corrected chi connectivity index (χ1v) is 13.0.